The zero-order valence-corrected chi connectivity index (χ0v) is 8.93. The van der Waals surface area contributed by atoms with Crippen LogP contribution in [0.2, 0.25) is 0 Å². The first-order valence-corrected chi connectivity index (χ1v) is 5.31. The standard InChI is InChI=1S/C13H15NO2/c15-8-11(9-16)14-13-7-3-5-10-4-1-2-6-12(10)13/h1-7,11,14-16H,8-9H2. The van der Waals surface area contributed by atoms with Crippen LogP contribution < -0.4 is 5.32 Å². The second-order valence-corrected chi connectivity index (χ2v) is 3.73. The summed E-state index contributed by atoms with van der Waals surface area (Å²) < 4.78 is 0. The van der Waals surface area contributed by atoms with E-state index in [1.807, 2.05) is 42.5 Å². The third-order valence-electron chi connectivity index (χ3n) is 2.59. The Labute approximate surface area is 94.3 Å². The highest BCUT2D eigenvalue weighted by Crippen LogP contribution is 2.23. The van der Waals surface area contributed by atoms with E-state index in [1.54, 1.807) is 0 Å². The maximum absolute atomic E-state index is 9.04. The van der Waals surface area contributed by atoms with E-state index < -0.39 is 0 Å². The molecule has 2 rings (SSSR count). The minimum absolute atomic E-state index is 0.0836. The van der Waals surface area contributed by atoms with Gasteiger partial charge in [-0.25, -0.2) is 0 Å². The fourth-order valence-electron chi connectivity index (χ4n) is 1.72. The quantitative estimate of drug-likeness (QED) is 0.729. The van der Waals surface area contributed by atoms with Gasteiger partial charge in [0.05, 0.1) is 19.3 Å². The third-order valence-corrected chi connectivity index (χ3v) is 2.59. The Bertz CT molecular complexity index is 461. The molecule has 2 aromatic rings. The Hall–Kier alpha value is -1.58. The molecule has 0 aliphatic carbocycles. The van der Waals surface area contributed by atoms with Gasteiger partial charge in [-0.3, -0.25) is 0 Å². The first kappa shape index (κ1) is 10.9. The fraction of sp³-hybridized carbons (Fsp3) is 0.231. The summed E-state index contributed by atoms with van der Waals surface area (Å²) in [6.45, 7) is -0.167. The van der Waals surface area contributed by atoms with Crippen LogP contribution in [-0.4, -0.2) is 29.5 Å². The number of fused-ring (bicyclic) bond motifs is 1. The molecule has 0 saturated carbocycles. The maximum atomic E-state index is 9.04. The summed E-state index contributed by atoms with van der Waals surface area (Å²) >= 11 is 0. The Balaban J connectivity index is 2.36. The monoisotopic (exact) mass is 217 g/mol. The summed E-state index contributed by atoms with van der Waals surface area (Å²) in [6.07, 6.45) is 0. The molecule has 0 saturated heterocycles. The predicted octanol–water partition coefficient (Wildman–Crippen LogP) is 1.60. The third kappa shape index (κ3) is 2.15. The van der Waals surface area contributed by atoms with Crippen LogP contribution in [-0.2, 0) is 0 Å². The van der Waals surface area contributed by atoms with Crippen molar-refractivity contribution in [1.29, 1.82) is 0 Å². The molecule has 0 radical (unpaired) electrons. The molecular weight excluding hydrogens is 202 g/mol. The van der Waals surface area contributed by atoms with Gasteiger partial charge in [0.25, 0.3) is 0 Å². The van der Waals surface area contributed by atoms with Crippen molar-refractivity contribution in [1.82, 2.24) is 0 Å². The van der Waals surface area contributed by atoms with Gasteiger partial charge in [0.15, 0.2) is 0 Å². The van der Waals surface area contributed by atoms with E-state index in [0.29, 0.717) is 0 Å². The minimum atomic E-state index is -0.314. The van der Waals surface area contributed by atoms with E-state index in [-0.39, 0.29) is 19.3 Å². The molecule has 0 aliphatic heterocycles. The number of hydrogen-bond donors (Lipinski definition) is 3. The highest BCUT2D eigenvalue weighted by atomic mass is 16.3. The number of nitrogens with one attached hydrogen (secondary N) is 1. The van der Waals surface area contributed by atoms with Crippen molar-refractivity contribution in [3.63, 3.8) is 0 Å². The molecule has 0 atom stereocenters. The van der Waals surface area contributed by atoms with Crippen LogP contribution >= 0.6 is 0 Å². The molecule has 16 heavy (non-hydrogen) atoms. The van der Waals surface area contributed by atoms with Crippen LogP contribution in [0.3, 0.4) is 0 Å². The Morgan fingerprint density at radius 2 is 1.62 bits per heavy atom. The normalized spacial score (nSPS) is 10.9. The average molecular weight is 217 g/mol. The van der Waals surface area contributed by atoms with Crippen molar-refractivity contribution in [2.45, 2.75) is 6.04 Å². The number of rotatable bonds is 4. The van der Waals surface area contributed by atoms with Crippen LogP contribution in [0.4, 0.5) is 5.69 Å². The van der Waals surface area contributed by atoms with E-state index in [0.717, 1.165) is 16.5 Å². The molecule has 0 heterocycles. The number of hydrogen-bond acceptors (Lipinski definition) is 3. The van der Waals surface area contributed by atoms with Gasteiger partial charge in [-0.05, 0) is 11.5 Å². The zero-order valence-electron chi connectivity index (χ0n) is 8.93. The molecule has 0 unspecified atom stereocenters. The van der Waals surface area contributed by atoms with Gasteiger partial charge < -0.3 is 15.5 Å². The van der Waals surface area contributed by atoms with Gasteiger partial charge in [-0.2, -0.15) is 0 Å². The molecule has 3 heteroatoms. The molecule has 0 aliphatic rings. The Kier molecular flexibility index (Phi) is 3.39. The molecule has 0 spiro atoms. The van der Waals surface area contributed by atoms with Crippen LogP contribution in [0.15, 0.2) is 42.5 Å². The zero-order chi connectivity index (χ0) is 11.4. The summed E-state index contributed by atoms with van der Waals surface area (Å²) in [5, 5.41) is 23.4. The second kappa shape index (κ2) is 4.96. The summed E-state index contributed by atoms with van der Waals surface area (Å²) in [5.74, 6) is 0. The fourth-order valence-corrected chi connectivity index (χ4v) is 1.72. The van der Waals surface area contributed by atoms with Crippen molar-refractivity contribution in [3.05, 3.63) is 42.5 Å². The lowest BCUT2D eigenvalue weighted by molar-refractivity contribution is 0.204. The lowest BCUT2D eigenvalue weighted by atomic mass is 10.1. The van der Waals surface area contributed by atoms with E-state index in [2.05, 4.69) is 5.32 Å². The van der Waals surface area contributed by atoms with Gasteiger partial charge in [-0.1, -0.05) is 36.4 Å². The average Bonchev–Trinajstić information content (AvgIpc) is 2.36. The van der Waals surface area contributed by atoms with Crippen molar-refractivity contribution in [2.24, 2.45) is 0 Å². The first-order chi connectivity index (χ1) is 7.85. The molecule has 0 bridgehead atoms. The molecule has 3 nitrogen and oxygen atoms in total. The molecule has 0 fully saturated rings. The van der Waals surface area contributed by atoms with Crippen LogP contribution in [0, 0.1) is 0 Å². The minimum Gasteiger partial charge on any atom is -0.394 e. The smallest absolute Gasteiger partial charge is 0.0723 e. The van der Waals surface area contributed by atoms with E-state index in [4.69, 9.17) is 10.2 Å². The van der Waals surface area contributed by atoms with Crippen molar-refractivity contribution < 1.29 is 10.2 Å². The van der Waals surface area contributed by atoms with Gasteiger partial charge in [-0.15, -0.1) is 0 Å². The number of aliphatic hydroxyl groups is 2. The topological polar surface area (TPSA) is 52.5 Å². The molecule has 3 N–H and O–H groups in total. The van der Waals surface area contributed by atoms with Gasteiger partial charge in [0.2, 0.25) is 0 Å². The van der Waals surface area contributed by atoms with Crippen LogP contribution in [0.5, 0.6) is 0 Å². The van der Waals surface area contributed by atoms with Gasteiger partial charge in [0.1, 0.15) is 0 Å². The number of benzene rings is 2. The van der Waals surface area contributed by atoms with Crippen molar-refractivity contribution in [2.75, 3.05) is 18.5 Å². The molecule has 2 aromatic carbocycles. The second-order valence-electron chi connectivity index (χ2n) is 3.73. The summed E-state index contributed by atoms with van der Waals surface area (Å²) in [6, 6.07) is 13.6. The predicted molar refractivity (Wildman–Crippen MR) is 65.5 cm³/mol. The Morgan fingerprint density at radius 1 is 0.938 bits per heavy atom. The SMILES string of the molecule is OCC(CO)Nc1cccc2ccccc12. The molecule has 84 valence electrons. The van der Waals surface area contributed by atoms with Crippen molar-refractivity contribution >= 4 is 16.5 Å². The highest BCUT2D eigenvalue weighted by molar-refractivity contribution is 5.93. The lowest BCUT2D eigenvalue weighted by Gasteiger charge is -2.16. The van der Waals surface area contributed by atoms with E-state index in [1.165, 1.54) is 0 Å². The molecule has 0 aromatic heterocycles. The summed E-state index contributed by atoms with van der Waals surface area (Å²) in [4.78, 5) is 0. The van der Waals surface area contributed by atoms with E-state index >= 15 is 0 Å². The number of anilines is 1. The lowest BCUT2D eigenvalue weighted by Crippen LogP contribution is -2.27. The molecular formula is C13H15NO2. The van der Waals surface area contributed by atoms with Gasteiger partial charge >= 0.3 is 0 Å². The van der Waals surface area contributed by atoms with Crippen LogP contribution in [0.1, 0.15) is 0 Å². The van der Waals surface area contributed by atoms with Crippen LogP contribution in [0.25, 0.3) is 10.8 Å². The van der Waals surface area contributed by atoms with Crippen molar-refractivity contribution in [3.8, 4) is 0 Å². The Morgan fingerprint density at radius 3 is 2.38 bits per heavy atom. The first-order valence-electron chi connectivity index (χ1n) is 5.31. The summed E-state index contributed by atoms with van der Waals surface area (Å²) in [5.41, 5.74) is 0.936. The summed E-state index contributed by atoms with van der Waals surface area (Å²) in [7, 11) is 0. The maximum Gasteiger partial charge on any atom is 0.0723 e. The van der Waals surface area contributed by atoms with E-state index in [9.17, 15) is 0 Å². The largest absolute Gasteiger partial charge is 0.394 e. The molecule has 0 amide bonds. The van der Waals surface area contributed by atoms with Gasteiger partial charge in [0, 0.05) is 11.1 Å². The number of aliphatic hydroxyl groups excluding tert-OH is 2. The highest BCUT2D eigenvalue weighted by Gasteiger charge is 2.07.